The van der Waals surface area contributed by atoms with Gasteiger partial charge in [-0.3, -0.25) is 4.79 Å². The monoisotopic (exact) mass is 271 g/mol. The molecule has 72 valence electrons. The van der Waals surface area contributed by atoms with Gasteiger partial charge >= 0.3 is 0 Å². The normalized spacial score (nSPS) is 10.8. The molecule has 0 aliphatic heterocycles. The Hall–Kier alpha value is -0.800. The van der Waals surface area contributed by atoms with Crippen LogP contribution in [0, 0.1) is 6.92 Å². The zero-order valence-corrected chi connectivity index (χ0v) is 9.74. The Labute approximate surface area is 94.0 Å². The van der Waals surface area contributed by atoms with Crippen LogP contribution in [0.25, 0.3) is 10.9 Å². The first-order valence-electron chi connectivity index (χ1n) is 4.08. The van der Waals surface area contributed by atoms with E-state index in [0.717, 1.165) is 9.99 Å². The molecule has 0 spiro atoms. The standard InChI is InChI=1S/C10H7BrClNO/c1-5-8(12)10(14)6-3-2-4-7(11)9(6)13-5/h2-4H,1H3,(H,13,14). The molecule has 1 aromatic carbocycles. The van der Waals surface area contributed by atoms with Gasteiger partial charge in [0.1, 0.15) is 5.02 Å². The van der Waals surface area contributed by atoms with Crippen molar-refractivity contribution in [1.82, 2.24) is 4.98 Å². The number of fused-ring (bicyclic) bond motifs is 1. The Morgan fingerprint density at radius 1 is 1.43 bits per heavy atom. The molecule has 1 aromatic heterocycles. The molecule has 4 heteroatoms. The van der Waals surface area contributed by atoms with Crippen LogP contribution in [0.1, 0.15) is 5.69 Å². The van der Waals surface area contributed by atoms with Gasteiger partial charge in [0.2, 0.25) is 5.43 Å². The summed E-state index contributed by atoms with van der Waals surface area (Å²) in [5.74, 6) is 0. The number of aromatic nitrogens is 1. The van der Waals surface area contributed by atoms with Crippen molar-refractivity contribution in [2.45, 2.75) is 6.92 Å². The second-order valence-electron chi connectivity index (χ2n) is 3.06. The summed E-state index contributed by atoms with van der Waals surface area (Å²) in [4.78, 5) is 14.8. The minimum absolute atomic E-state index is 0.126. The lowest BCUT2D eigenvalue weighted by Gasteiger charge is -2.03. The lowest BCUT2D eigenvalue weighted by atomic mass is 10.2. The first-order chi connectivity index (χ1) is 6.61. The molecular weight excluding hydrogens is 265 g/mol. The predicted molar refractivity (Wildman–Crippen MR) is 62.0 cm³/mol. The molecule has 0 saturated heterocycles. The van der Waals surface area contributed by atoms with E-state index in [1.807, 2.05) is 12.1 Å². The molecule has 0 amide bonds. The maximum Gasteiger partial charge on any atom is 0.208 e. The minimum Gasteiger partial charge on any atom is -0.356 e. The van der Waals surface area contributed by atoms with Crippen molar-refractivity contribution >= 4 is 38.4 Å². The summed E-state index contributed by atoms with van der Waals surface area (Å²) in [6.07, 6.45) is 0. The Kier molecular flexibility index (Phi) is 2.37. The number of benzene rings is 1. The highest BCUT2D eigenvalue weighted by atomic mass is 79.9. The quantitative estimate of drug-likeness (QED) is 0.784. The van der Waals surface area contributed by atoms with Crippen LogP contribution < -0.4 is 5.43 Å². The van der Waals surface area contributed by atoms with Crippen LogP contribution in [0.5, 0.6) is 0 Å². The first kappa shape index (κ1) is 9.74. The van der Waals surface area contributed by atoms with Gasteiger partial charge in [-0.15, -0.1) is 0 Å². The first-order valence-corrected chi connectivity index (χ1v) is 5.25. The molecule has 0 fully saturated rings. The molecule has 2 rings (SSSR count). The Morgan fingerprint density at radius 3 is 2.86 bits per heavy atom. The van der Waals surface area contributed by atoms with Crippen LogP contribution in [-0.2, 0) is 0 Å². The van der Waals surface area contributed by atoms with Gasteiger partial charge in [0.05, 0.1) is 5.52 Å². The fourth-order valence-electron chi connectivity index (χ4n) is 1.37. The summed E-state index contributed by atoms with van der Waals surface area (Å²) >= 11 is 9.23. The molecule has 2 aromatic rings. The molecule has 14 heavy (non-hydrogen) atoms. The van der Waals surface area contributed by atoms with Crippen LogP contribution in [-0.4, -0.2) is 4.98 Å². The third-order valence-corrected chi connectivity index (χ3v) is 3.22. The van der Waals surface area contributed by atoms with Gasteiger partial charge in [0, 0.05) is 15.6 Å². The summed E-state index contributed by atoms with van der Waals surface area (Å²) in [5, 5.41) is 0.866. The summed E-state index contributed by atoms with van der Waals surface area (Å²) < 4.78 is 0.867. The van der Waals surface area contributed by atoms with Gasteiger partial charge < -0.3 is 4.98 Å². The van der Waals surface area contributed by atoms with E-state index in [4.69, 9.17) is 11.6 Å². The summed E-state index contributed by atoms with van der Waals surface area (Å²) in [7, 11) is 0. The van der Waals surface area contributed by atoms with Gasteiger partial charge in [-0.05, 0) is 35.0 Å². The number of H-pyrrole nitrogens is 1. The molecule has 0 aliphatic carbocycles. The Bertz CT molecular complexity index is 562. The van der Waals surface area contributed by atoms with Crippen LogP contribution in [0.4, 0.5) is 0 Å². The van der Waals surface area contributed by atoms with Crippen molar-refractivity contribution in [3.05, 3.63) is 43.6 Å². The molecule has 0 aliphatic rings. The highest BCUT2D eigenvalue weighted by Gasteiger charge is 2.07. The molecular formula is C10H7BrClNO. The number of pyridine rings is 1. The zero-order chi connectivity index (χ0) is 10.3. The van der Waals surface area contributed by atoms with Crippen LogP contribution in [0.15, 0.2) is 27.5 Å². The molecule has 0 saturated carbocycles. The fourth-order valence-corrected chi connectivity index (χ4v) is 1.99. The van der Waals surface area contributed by atoms with Gasteiger partial charge in [-0.2, -0.15) is 0 Å². The molecule has 0 radical (unpaired) electrons. The lowest BCUT2D eigenvalue weighted by Crippen LogP contribution is -2.06. The van der Waals surface area contributed by atoms with E-state index in [1.54, 1.807) is 13.0 Å². The molecule has 0 bridgehead atoms. The smallest absolute Gasteiger partial charge is 0.208 e. The summed E-state index contributed by atoms with van der Waals surface area (Å²) in [6.45, 7) is 1.78. The lowest BCUT2D eigenvalue weighted by molar-refractivity contribution is 1.24. The summed E-state index contributed by atoms with van der Waals surface area (Å²) in [6, 6.07) is 5.45. The van der Waals surface area contributed by atoms with E-state index in [2.05, 4.69) is 20.9 Å². The SMILES string of the molecule is Cc1[nH]c2c(Br)cccc2c(=O)c1Cl. The van der Waals surface area contributed by atoms with E-state index in [1.165, 1.54) is 0 Å². The average Bonchev–Trinajstić information content (AvgIpc) is 2.17. The Morgan fingerprint density at radius 2 is 2.14 bits per heavy atom. The van der Waals surface area contributed by atoms with Gasteiger partial charge in [-0.25, -0.2) is 0 Å². The van der Waals surface area contributed by atoms with E-state index < -0.39 is 0 Å². The maximum atomic E-state index is 11.7. The van der Waals surface area contributed by atoms with Gasteiger partial charge in [0.25, 0.3) is 0 Å². The number of rotatable bonds is 0. The third kappa shape index (κ3) is 1.37. The highest BCUT2D eigenvalue weighted by Crippen LogP contribution is 2.22. The van der Waals surface area contributed by atoms with Gasteiger partial charge in [0.15, 0.2) is 0 Å². The number of para-hydroxylation sites is 1. The van der Waals surface area contributed by atoms with E-state index >= 15 is 0 Å². The summed E-state index contributed by atoms with van der Waals surface area (Å²) in [5.41, 5.74) is 1.36. The number of halogens is 2. The van der Waals surface area contributed by atoms with Crippen molar-refractivity contribution in [3.63, 3.8) is 0 Å². The molecule has 1 N–H and O–H groups in total. The number of nitrogens with one attached hydrogen (secondary N) is 1. The van der Waals surface area contributed by atoms with E-state index in [0.29, 0.717) is 11.1 Å². The second-order valence-corrected chi connectivity index (χ2v) is 4.29. The van der Waals surface area contributed by atoms with E-state index in [9.17, 15) is 4.79 Å². The number of aryl methyl sites for hydroxylation is 1. The topological polar surface area (TPSA) is 32.9 Å². The highest BCUT2D eigenvalue weighted by molar-refractivity contribution is 9.10. The van der Waals surface area contributed by atoms with Crippen LogP contribution in [0.3, 0.4) is 0 Å². The largest absolute Gasteiger partial charge is 0.356 e. The number of hydrogen-bond acceptors (Lipinski definition) is 1. The fraction of sp³-hybridized carbons (Fsp3) is 0.100. The zero-order valence-electron chi connectivity index (χ0n) is 7.40. The maximum absolute atomic E-state index is 11.7. The molecule has 1 heterocycles. The van der Waals surface area contributed by atoms with Crippen LogP contribution >= 0.6 is 27.5 Å². The van der Waals surface area contributed by atoms with Crippen molar-refractivity contribution in [2.24, 2.45) is 0 Å². The number of aromatic amines is 1. The molecule has 2 nitrogen and oxygen atoms in total. The van der Waals surface area contributed by atoms with Crippen LogP contribution in [0.2, 0.25) is 5.02 Å². The van der Waals surface area contributed by atoms with E-state index in [-0.39, 0.29) is 10.5 Å². The molecule has 0 unspecified atom stereocenters. The Balaban J connectivity index is 3.06. The van der Waals surface area contributed by atoms with Crippen molar-refractivity contribution < 1.29 is 0 Å². The predicted octanol–water partition coefficient (Wildman–Crippen LogP) is 3.25. The minimum atomic E-state index is -0.126. The van der Waals surface area contributed by atoms with Crippen molar-refractivity contribution in [3.8, 4) is 0 Å². The molecule has 0 atom stereocenters. The van der Waals surface area contributed by atoms with Gasteiger partial charge in [-0.1, -0.05) is 17.7 Å². The van der Waals surface area contributed by atoms with Crippen molar-refractivity contribution in [2.75, 3.05) is 0 Å². The number of hydrogen-bond donors (Lipinski definition) is 1. The van der Waals surface area contributed by atoms with Crippen molar-refractivity contribution in [1.29, 1.82) is 0 Å². The average molecular weight is 273 g/mol. The third-order valence-electron chi connectivity index (χ3n) is 2.10. The second kappa shape index (κ2) is 3.41.